The second-order valence-electron chi connectivity index (χ2n) is 4.82. The molecule has 4 nitrogen and oxygen atoms in total. The van der Waals surface area contributed by atoms with Crippen LogP contribution in [-0.2, 0) is 4.79 Å². The van der Waals surface area contributed by atoms with Crippen LogP contribution in [0, 0.1) is 0 Å². The van der Waals surface area contributed by atoms with E-state index in [0.717, 1.165) is 10.9 Å². The second kappa shape index (κ2) is 6.86. The highest BCUT2D eigenvalue weighted by Gasteiger charge is 2.07. The molecule has 1 amide bonds. The predicted molar refractivity (Wildman–Crippen MR) is 92.3 cm³/mol. The maximum Gasteiger partial charge on any atom is 0.262 e. The van der Waals surface area contributed by atoms with Gasteiger partial charge in [0.2, 0.25) is 0 Å². The molecule has 0 unspecified atom stereocenters. The number of anilines is 1. The van der Waals surface area contributed by atoms with Crippen LogP contribution in [0.25, 0.3) is 10.9 Å². The molecule has 0 aliphatic rings. The van der Waals surface area contributed by atoms with E-state index in [9.17, 15) is 4.79 Å². The molecule has 0 radical (unpaired) electrons. The molecule has 6 heteroatoms. The zero-order valence-corrected chi connectivity index (χ0v) is 13.4. The fraction of sp³-hybridized carbons (Fsp3) is 0.0588. The van der Waals surface area contributed by atoms with Gasteiger partial charge in [-0.15, -0.1) is 0 Å². The van der Waals surface area contributed by atoms with E-state index >= 15 is 0 Å². The number of hydrogen-bond donors (Lipinski definition) is 1. The van der Waals surface area contributed by atoms with Crippen molar-refractivity contribution in [2.24, 2.45) is 0 Å². The molecule has 0 saturated heterocycles. The topological polar surface area (TPSA) is 51.2 Å². The number of amides is 1. The summed E-state index contributed by atoms with van der Waals surface area (Å²) < 4.78 is 5.50. The van der Waals surface area contributed by atoms with Crippen molar-refractivity contribution in [3.05, 3.63) is 64.8 Å². The number of benzene rings is 2. The fourth-order valence-electron chi connectivity index (χ4n) is 2.07. The molecule has 0 bridgehead atoms. The van der Waals surface area contributed by atoms with Gasteiger partial charge in [-0.1, -0.05) is 29.3 Å². The van der Waals surface area contributed by atoms with Crippen LogP contribution in [0.5, 0.6) is 5.75 Å². The predicted octanol–water partition coefficient (Wildman–Crippen LogP) is 4.56. The van der Waals surface area contributed by atoms with Gasteiger partial charge in [0.05, 0.1) is 16.2 Å². The third-order valence-electron chi connectivity index (χ3n) is 3.15. The smallest absolute Gasteiger partial charge is 0.262 e. The quantitative estimate of drug-likeness (QED) is 0.753. The molecule has 0 spiro atoms. The highest BCUT2D eigenvalue weighted by atomic mass is 35.5. The minimum absolute atomic E-state index is 0.120. The summed E-state index contributed by atoms with van der Waals surface area (Å²) in [6.45, 7) is -0.120. The van der Waals surface area contributed by atoms with Crippen molar-refractivity contribution in [2.75, 3.05) is 11.9 Å². The number of rotatable bonds is 4. The molecule has 1 heterocycles. The molecule has 1 N–H and O–H groups in total. The van der Waals surface area contributed by atoms with E-state index in [1.807, 2.05) is 24.3 Å². The first-order valence-corrected chi connectivity index (χ1v) is 7.60. The Morgan fingerprint density at radius 2 is 2.00 bits per heavy atom. The van der Waals surface area contributed by atoms with Crippen molar-refractivity contribution in [3.63, 3.8) is 0 Å². The summed E-state index contributed by atoms with van der Waals surface area (Å²) in [6, 6.07) is 14.1. The Kier molecular flexibility index (Phi) is 4.65. The third-order valence-corrected chi connectivity index (χ3v) is 3.70. The van der Waals surface area contributed by atoms with Gasteiger partial charge < -0.3 is 10.1 Å². The lowest BCUT2D eigenvalue weighted by molar-refractivity contribution is -0.118. The Balaban J connectivity index is 1.63. The lowest BCUT2D eigenvalue weighted by Crippen LogP contribution is -2.20. The Hall–Kier alpha value is -2.30. The number of pyridine rings is 1. The van der Waals surface area contributed by atoms with Crippen molar-refractivity contribution in [1.82, 2.24) is 4.98 Å². The first kappa shape index (κ1) is 15.6. The number of fused-ring (bicyclic) bond motifs is 1. The number of carbonyl (C=O) groups excluding carboxylic acids is 1. The lowest BCUT2D eigenvalue weighted by Gasteiger charge is -2.09. The molecular weight excluding hydrogens is 335 g/mol. The van der Waals surface area contributed by atoms with E-state index in [0.29, 0.717) is 21.5 Å². The van der Waals surface area contributed by atoms with E-state index in [1.165, 1.54) is 0 Å². The van der Waals surface area contributed by atoms with Gasteiger partial charge in [0.25, 0.3) is 5.91 Å². The van der Waals surface area contributed by atoms with Crippen LogP contribution < -0.4 is 10.1 Å². The fourth-order valence-corrected chi connectivity index (χ4v) is 2.53. The van der Waals surface area contributed by atoms with Crippen molar-refractivity contribution in [1.29, 1.82) is 0 Å². The van der Waals surface area contributed by atoms with E-state index in [1.54, 1.807) is 30.5 Å². The van der Waals surface area contributed by atoms with Gasteiger partial charge >= 0.3 is 0 Å². The molecule has 1 aromatic heterocycles. The van der Waals surface area contributed by atoms with Gasteiger partial charge in [-0.2, -0.15) is 0 Å². The Bertz CT molecular complexity index is 868. The summed E-state index contributed by atoms with van der Waals surface area (Å²) >= 11 is 11.8. The summed E-state index contributed by atoms with van der Waals surface area (Å²) in [5.74, 6) is 0.295. The van der Waals surface area contributed by atoms with Crippen molar-refractivity contribution in [3.8, 4) is 5.75 Å². The minimum Gasteiger partial charge on any atom is -0.484 e. The van der Waals surface area contributed by atoms with E-state index in [-0.39, 0.29) is 12.5 Å². The van der Waals surface area contributed by atoms with Gasteiger partial charge in [-0.3, -0.25) is 9.78 Å². The van der Waals surface area contributed by atoms with Crippen LogP contribution in [-0.4, -0.2) is 17.5 Å². The highest BCUT2D eigenvalue weighted by Crippen LogP contribution is 2.25. The number of ether oxygens (including phenoxy) is 1. The maximum atomic E-state index is 11.9. The van der Waals surface area contributed by atoms with Crippen LogP contribution in [0.15, 0.2) is 54.7 Å². The molecule has 3 rings (SSSR count). The van der Waals surface area contributed by atoms with Gasteiger partial charge in [-0.25, -0.2) is 0 Å². The first-order valence-electron chi connectivity index (χ1n) is 6.84. The Morgan fingerprint density at radius 1 is 1.13 bits per heavy atom. The van der Waals surface area contributed by atoms with Crippen LogP contribution in [0.2, 0.25) is 10.0 Å². The zero-order chi connectivity index (χ0) is 16.2. The Morgan fingerprint density at radius 3 is 2.83 bits per heavy atom. The molecule has 2 aromatic carbocycles. The monoisotopic (exact) mass is 346 g/mol. The average molecular weight is 347 g/mol. The second-order valence-corrected chi connectivity index (χ2v) is 5.66. The van der Waals surface area contributed by atoms with Crippen molar-refractivity contribution < 1.29 is 9.53 Å². The molecule has 3 aromatic rings. The van der Waals surface area contributed by atoms with Crippen LogP contribution in [0.4, 0.5) is 5.69 Å². The standard InChI is InChI=1S/C17H12Cl2N2O2/c18-12-3-5-16(14(19)9-12)21-17(22)10-23-13-4-6-15-11(8-13)2-1-7-20-15/h1-9H,10H2,(H,21,22). The number of nitrogens with zero attached hydrogens (tertiary/aromatic N) is 1. The number of aromatic nitrogens is 1. The molecule has 0 atom stereocenters. The van der Waals surface area contributed by atoms with Crippen LogP contribution in [0.3, 0.4) is 0 Å². The van der Waals surface area contributed by atoms with Gasteiger partial charge in [0, 0.05) is 16.6 Å². The van der Waals surface area contributed by atoms with E-state index < -0.39 is 0 Å². The van der Waals surface area contributed by atoms with Gasteiger partial charge in [0.15, 0.2) is 6.61 Å². The summed E-state index contributed by atoms with van der Waals surface area (Å²) in [6.07, 6.45) is 1.73. The summed E-state index contributed by atoms with van der Waals surface area (Å²) in [5, 5.41) is 4.51. The molecule has 0 aliphatic carbocycles. The van der Waals surface area contributed by atoms with Crippen molar-refractivity contribution >= 4 is 45.7 Å². The minimum atomic E-state index is -0.305. The summed E-state index contributed by atoms with van der Waals surface area (Å²) in [5.41, 5.74) is 1.37. The zero-order valence-electron chi connectivity index (χ0n) is 11.9. The number of hydrogen-bond acceptors (Lipinski definition) is 3. The van der Waals surface area contributed by atoms with Crippen LogP contribution in [0.1, 0.15) is 0 Å². The molecule has 116 valence electrons. The molecule has 0 aliphatic heterocycles. The van der Waals surface area contributed by atoms with Crippen molar-refractivity contribution in [2.45, 2.75) is 0 Å². The van der Waals surface area contributed by atoms with E-state index in [2.05, 4.69) is 10.3 Å². The summed E-state index contributed by atoms with van der Waals surface area (Å²) in [4.78, 5) is 16.2. The highest BCUT2D eigenvalue weighted by molar-refractivity contribution is 6.36. The first-order chi connectivity index (χ1) is 11.1. The van der Waals surface area contributed by atoms with Gasteiger partial charge in [-0.05, 0) is 42.5 Å². The Labute approximate surface area is 143 Å². The maximum absolute atomic E-state index is 11.9. The number of carbonyl (C=O) groups is 1. The normalized spacial score (nSPS) is 10.5. The van der Waals surface area contributed by atoms with Gasteiger partial charge in [0.1, 0.15) is 5.75 Å². The summed E-state index contributed by atoms with van der Waals surface area (Å²) in [7, 11) is 0. The third kappa shape index (κ3) is 3.92. The largest absolute Gasteiger partial charge is 0.484 e. The molecule has 0 fully saturated rings. The SMILES string of the molecule is O=C(COc1ccc2ncccc2c1)Nc1ccc(Cl)cc1Cl. The number of halogens is 2. The molecule has 23 heavy (non-hydrogen) atoms. The molecular formula is C17H12Cl2N2O2. The lowest BCUT2D eigenvalue weighted by atomic mass is 10.2. The van der Waals surface area contributed by atoms with Crippen LogP contribution >= 0.6 is 23.2 Å². The average Bonchev–Trinajstić information content (AvgIpc) is 2.55. The molecule has 0 saturated carbocycles. The number of nitrogens with one attached hydrogen (secondary N) is 1. The van der Waals surface area contributed by atoms with E-state index in [4.69, 9.17) is 27.9 Å².